The van der Waals surface area contributed by atoms with E-state index in [1.54, 1.807) is 0 Å². The topological polar surface area (TPSA) is 101 Å². The fraction of sp³-hybridized carbons (Fsp3) is 0.417. The normalized spacial score (nSPS) is 14.1. The third kappa shape index (κ3) is 2.75. The van der Waals surface area contributed by atoms with E-state index in [9.17, 15) is 4.79 Å². The largest absolute Gasteiger partial charge is 0.325 e. The third-order valence-corrected chi connectivity index (χ3v) is 2.71. The Kier molecular flexibility index (Phi) is 2.81. The van der Waals surface area contributed by atoms with Gasteiger partial charge < -0.3 is 21.4 Å². The van der Waals surface area contributed by atoms with Crippen LogP contribution in [0.3, 0.4) is 0 Å². The van der Waals surface area contributed by atoms with Crippen LogP contribution < -0.4 is 17.2 Å². The van der Waals surface area contributed by atoms with Gasteiger partial charge in [0, 0.05) is 11.6 Å². The monoisotopic (exact) mass is 234 g/mol. The second-order valence-electron chi connectivity index (χ2n) is 5.18. The number of H-pyrrole nitrogens is 2. The minimum absolute atomic E-state index is 0.127. The molecule has 0 fully saturated rings. The number of fused-ring (bicyclic) bond motifs is 1. The maximum absolute atomic E-state index is 11.1. The number of aromatic nitrogens is 2. The lowest BCUT2D eigenvalue weighted by Gasteiger charge is -2.23. The zero-order chi connectivity index (χ0) is 12.6. The van der Waals surface area contributed by atoms with Gasteiger partial charge in [-0.25, -0.2) is 4.79 Å². The van der Waals surface area contributed by atoms with E-state index >= 15 is 0 Å². The lowest BCUT2D eigenvalue weighted by Crippen LogP contribution is -2.35. The van der Waals surface area contributed by atoms with E-state index < -0.39 is 0 Å². The predicted octanol–water partition coefficient (Wildman–Crippen LogP) is 0.983. The van der Waals surface area contributed by atoms with Crippen LogP contribution in [0.25, 0.3) is 11.0 Å². The van der Waals surface area contributed by atoms with E-state index in [2.05, 4.69) is 9.97 Å². The van der Waals surface area contributed by atoms with Crippen molar-refractivity contribution in [2.75, 3.05) is 0 Å². The fourth-order valence-corrected chi connectivity index (χ4v) is 1.97. The fourth-order valence-electron chi connectivity index (χ4n) is 1.97. The van der Waals surface area contributed by atoms with Gasteiger partial charge in [0.15, 0.2) is 0 Å². The summed E-state index contributed by atoms with van der Waals surface area (Å²) in [6, 6.07) is 5.54. The highest BCUT2D eigenvalue weighted by Crippen LogP contribution is 2.22. The molecule has 0 amide bonds. The molecule has 92 valence electrons. The molecular weight excluding hydrogens is 216 g/mol. The molecule has 1 atom stereocenters. The molecule has 0 aliphatic carbocycles. The molecule has 0 aliphatic rings. The maximum Gasteiger partial charge on any atom is 0.323 e. The predicted molar refractivity (Wildman–Crippen MR) is 68.7 cm³/mol. The van der Waals surface area contributed by atoms with Crippen LogP contribution in [0.1, 0.15) is 31.9 Å². The van der Waals surface area contributed by atoms with E-state index in [1.165, 1.54) is 0 Å². The Balaban J connectivity index is 2.32. The summed E-state index contributed by atoms with van der Waals surface area (Å²) >= 11 is 0. The molecule has 2 rings (SSSR count). The molecule has 0 aliphatic heterocycles. The van der Waals surface area contributed by atoms with Gasteiger partial charge >= 0.3 is 5.69 Å². The van der Waals surface area contributed by atoms with E-state index in [4.69, 9.17) is 11.5 Å². The van der Waals surface area contributed by atoms with Gasteiger partial charge in [0.25, 0.3) is 0 Å². The number of nitrogens with one attached hydrogen (secondary N) is 2. The van der Waals surface area contributed by atoms with Gasteiger partial charge in [-0.1, -0.05) is 6.07 Å². The first-order valence-corrected chi connectivity index (χ1v) is 5.61. The zero-order valence-corrected chi connectivity index (χ0v) is 10.1. The lowest BCUT2D eigenvalue weighted by atomic mass is 9.92. The zero-order valence-electron chi connectivity index (χ0n) is 10.1. The number of benzene rings is 1. The van der Waals surface area contributed by atoms with Crippen molar-refractivity contribution in [2.45, 2.75) is 31.8 Å². The van der Waals surface area contributed by atoms with E-state index in [0.717, 1.165) is 16.6 Å². The van der Waals surface area contributed by atoms with Gasteiger partial charge in [-0.05, 0) is 38.0 Å². The molecule has 0 spiro atoms. The van der Waals surface area contributed by atoms with Crippen molar-refractivity contribution in [1.82, 2.24) is 9.97 Å². The summed E-state index contributed by atoms with van der Waals surface area (Å²) in [5.74, 6) is 0. The van der Waals surface area contributed by atoms with Gasteiger partial charge in [0.05, 0.1) is 11.0 Å². The second kappa shape index (κ2) is 4.01. The van der Waals surface area contributed by atoms with Crippen molar-refractivity contribution >= 4 is 11.0 Å². The molecule has 0 radical (unpaired) electrons. The molecule has 1 unspecified atom stereocenters. The first-order chi connectivity index (χ1) is 7.85. The number of aromatic amines is 2. The van der Waals surface area contributed by atoms with Crippen LogP contribution in [-0.2, 0) is 0 Å². The Morgan fingerprint density at radius 3 is 2.59 bits per heavy atom. The summed E-state index contributed by atoms with van der Waals surface area (Å²) in [7, 11) is 0. The highest BCUT2D eigenvalue weighted by Gasteiger charge is 2.17. The van der Waals surface area contributed by atoms with Crippen LogP contribution in [0, 0.1) is 0 Å². The standard InChI is InChI=1S/C12H18N4O/c1-12(2,14)6-8(13)7-3-4-9-10(5-7)16-11(17)15-9/h3-5,8H,6,13-14H2,1-2H3,(H2,15,16,17). The van der Waals surface area contributed by atoms with Crippen molar-refractivity contribution in [2.24, 2.45) is 11.5 Å². The minimum Gasteiger partial charge on any atom is -0.325 e. The Morgan fingerprint density at radius 2 is 1.94 bits per heavy atom. The van der Waals surface area contributed by atoms with Crippen molar-refractivity contribution in [3.05, 3.63) is 34.2 Å². The van der Waals surface area contributed by atoms with Gasteiger partial charge in [0.2, 0.25) is 0 Å². The van der Waals surface area contributed by atoms with Crippen LogP contribution in [-0.4, -0.2) is 15.5 Å². The molecule has 1 heterocycles. The average molecular weight is 234 g/mol. The van der Waals surface area contributed by atoms with Crippen LogP contribution in [0.5, 0.6) is 0 Å². The van der Waals surface area contributed by atoms with Gasteiger partial charge in [-0.3, -0.25) is 0 Å². The Morgan fingerprint density at radius 1 is 1.29 bits per heavy atom. The Labute approximate surface area is 99.2 Å². The molecule has 17 heavy (non-hydrogen) atoms. The van der Waals surface area contributed by atoms with Gasteiger partial charge in [-0.15, -0.1) is 0 Å². The van der Waals surface area contributed by atoms with E-state index in [0.29, 0.717) is 6.42 Å². The van der Waals surface area contributed by atoms with Crippen molar-refractivity contribution in [3.63, 3.8) is 0 Å². The quantitative estimate of drug-likeness (QED) is 0.637. The lowest BCUT2D eigenvalue weighted by molar-refractivity contribution is 0.429. The molecule has 5 nitrogen and oxygen atoms in total. The summed E-state index contributed by atoms with van der Waals surface area (Å²) in [5, 5.41) is 0. The summed E-state index contributed by atoms with van der Waals surface area (Å²) in [4.78, 5) is 16.6. The molecule has 0 bridgehead atoms. The Hall–Kier alpha value is -1.59. The van der Waals surface area contributed by atoms with E-state index in [1.807, 2.05) is 32.0 Å². The van der Waals surface area contributed by atoms with Crippen molar-refractivity contribution in [1.29, 1.82) is 0 Å². The number of rotatable bonds is 3. The van der Waals surface area contributed by atoms with Gasteiger partial charge in [-0.2, -0.15) is 0 Å². The molecule has 5 heteroatoms. The molecule has 0 saturated carbocycles. The number of nitrogens with two attached hydrogens (primary N) is 2. The van der Waals surface area contributed by atoms with Crippen LogP contribution >= 0.6 is 0 Å². The third-order valence-electron chi connectivity index (χ3n) is 2.71. The first kappa shape index (κ1) is 11.9. The summed E-state index contributed by atoms with van der Waals surface area (Å²) in [5.41, 5.74) is 14.1. The number of hydrogen-bond acceptors (Lipinski definition) is 3. The maximum atomic E-state index is 11.1. The van der Waals surface area contributed by atoms with Crippen molar-refractivity contribution in [3.8, 4) is 0 Å². The Bertz CT molecular complexity index is 576. The molecule has 1 aromatic heterocycles. The molecule has 2 aromatic rings. The summed E-state index contributed by atoms with van der Waals surface area (Å²) in [6.45, 7) is 3.90. The second-order valence-corrected chi connectivity index (χ2v) is 5.18. The molecule has 6 N–H and O–H groups in total. The molecule has 0 saturated heterocycles. The van der Waals surface area contributed by atoms with Gasteiger partial charge in [0.1, 0.15) is 0 Å². The van der Waals surface area contributed by atoms with Crippen LogP contribution in [0.4, 0.5) is 0 Å². The number of imidazole rings is 1. The van der Waals surface area contributed by atoms with E-state index in [-0.39, 0.29) is 17.3 Å². The highest BCUT2D eigenvalue weighted by atomic mass is 16.1. The molecular formula is C12H18N4O. The van der Waals surface area contributed by atoms with Crippen LogP contribution in [0.15, 0.2) is 23.0 Å². The van der Waals surface area contributed by atoms with Crippen molar-refractivity contribution < 1.29 is 0 Å². The highest BCUT2D eigenvalue weighted by molar-refractivity contribution is 5.75. The summed E-state index contributed by atoms with van der Waals surface area (Å²) in [6.07, 6.45) is 0.688. The van der Waals surface area contributed by atoms with Crippen LogP contribution in [0.2, 0.25) is 0 Å². The smallest absolute Gasteiger partial charge is 0.323 e. The average Bonchev–Trinajstić information content (AvgIpc) is 2.53. The SMILES string of the molecule is CC(C)(N)CC(N)c1ccc2[nH]c(=O)[nH]c2c1. The minimum atomic E-state index is -0.306. The molecule has 1 aromatic carbocycles. The summed E-state index contributed by atoms with van der Waals surface area (Å²) < 4.78 is 0. The number of hydrogen-bond donors (Lipinski definition) is 4. The first-order valence-electron chi connectivity index (χ1n) is 5.61.